The maximum atomic E-state index is 12.7. The third-order valence-corrected chi connectivity index (χ3v) is 6.07. The number of nitrogens with zero attached hydrogens (tertiary/aromatic N) is 2. The summed E-state index contributed by atoms with van der Waals surface area (Å²) < 4.78 is 26.8. The van der Waals surface area contributed by atoms with E-state index in [1.165, 1.54) is 4.31 Å². The van der Waals surface area contributed by atoms with Gasteiger partial charge in [-0.1, -0.05) is 32.4 Å². The summed E-state index contributed by atoms with van der Waals surface area (Å²) in [5.41, 5.74) is 1.15. The normalized spacial score (nSPS) is 16.5. The predicted octanol–water partition coefficient (Wildman–Crippen LogP) is 2.27. The van der Waals surface area contributed by atoms with Gasteiger partial charge in [0.25, 0.3) is 0 Å². The molecule has 0 unspecified atom stereocenters. The molecule has 23 heavy (non-hydrogen) atoms. The van der Waals surface area contributed by atoms with Crippen LogP contribution in [0.3, 0.4) is 0 Å². The molecule has 0 aromatic heterocycles. The Balaban J connectivity index is 2.02. The molecule has 0 spiro atoms. The molecule has 1 heterocycles. The summed E-state index contributed by atoms with van der Waals surface area (Å²) in [6.45, 7) is 5.77. The summed E-state index contributed by atoms with van der Waals surface area (Å²) >= 11 is 0. The van der Waals surface area contributed by atoms with Crippen LogP contribution in [0.15, 0.2) is 29.2 Å². The molecule has 128 valence electrons. The minimum absolute atomic E-state index is 0.119. The molecule has 6 heteroatoms. The van der Waals surface area contributed by atoms with Crippen LogP contribution in [0, 0.1) is 0 Å². The van der Waals surface area contributed by atoms with Crippen LogP contribution in [-0.4, -0.2) is 49.7 Å². The summed E-state index contributed by atoms with van der Waals surface area (Å²) in [5.74, 6) is 0.119. The van der Waals surface area contributed by atoms with Crippen LogP contribution in [0.5, 0.6) is 0 Å². The highest BCUT2D eigenvalue weighted by Gasteiger charge is 2.29. The number of carbonyl (C=O) groups is 1. The second kappa shape index (κ2) is 7.93. The van der Waals surface area contributed by atoms with E-state index in [2.05, 4.69) is 6.92 Å². The maximum Gasteiger partial charge on any atom is 0.243 e. The molecule has 0 saturated carbocycles. The van der Waals surface area contributed by atoms with Gasteiger partial charge in [-0.3, -0.25) is 4.79 Å². The highest BCUT2D eigenvalue weighted by atomic mass is 32.2. The van der Waals surface area contributed by atoms with Gasteiger partial charge < -0.3 is 4.90 Å². The van der Waals surface area contributed by atoms with Crippen molar-refractivity contribution < 1.29 is 13.2 Å². The van der Waals surface area contributed by atoms with Crippen molar-refractivity contribution in [2.75, 3.05) is 26.2 Å². The minimum Gasteiger partial charge on any atom is -0.340 e. The molecule has 1 aliphatic rings. The number of sulfonamides is 1. The number of rotatable bonds is 6. The molecule has 1 aromatic rings. The van der Waals surface area contributed by atoms with E-state index in [0.29, 0.717) is 37.5 Å². The molecular formula is C17H26N2O3S. The third kappa shape index (κ3) is 4.32. The number of piperazine rings is 1. The first-order chi connectivity index (χ1) is 11.0. The first kappa shape index (κ1) is 17.9. The van der Waals surface area contributed by atoms with Crippen molar-refractivity contribution in [2.45, 2.75) is 44.4 Å². The van der Waals surface area contributed by atoms with E-state index in [1.807, 2.05) is 19.1 Å². The zero-order valence-electron chi connectivity index (χ0n) is 14.0. The molecule has 0 bridgehead atoms. The molecular weight excluding hydrogens is 312 g/mol. The quantitative estimate of drug-likeness (QED) is 0.799. The molecule has 2 rings (SSSR count). The lowest BCUT2D eigenvalue weighted by molar-refractivity contribution is -0.132. The van der Waals surface area contributed by atoms with Crippen molar-refractivity contribution >= 4 is 15.9 Å². The molecule has 0 atom stereocenters. The van der Waals surface area contributed by atoms with Crippen molar-refractivity contribution in [2.24, 2.45) is 0 Å². The Hall–Kier alpha value is -1.40. The van der Waals surface area contributed by atoms with Crippen molar-refractivity contribution in [3.8, 4) is 0 Å². The van der Waals surface area contributed by atoms with E-state index < -0.39 is 10.0 Å². The van der Waals surface area contributed by atoms with Crippen LogP contribution >= 0.6 is 0 Å². The predicted molar refractivity (Wildman–Crippen MR) is 90.7 cm³/mol. The van der Waals surface area contributed by atoms with Crippen molar-refractivity contribution in [1.29, 1.82) is 0 Å². The number of amides is 1. The van der Waals surface area contributed by atoms with Gasteiger partial charge in [0.2, 0.25) is 15.9 Å². The number of hydrogen-bond donors (Lipinski definition) is 0. The van der Waals surface area contributed by atoms with Gasteiger partial charge in [0.05, 0.1) is 4.90 Å². The molecule has 0 aliphatic carbocycles. The number of benzene rings is 1. The monoisotopic (exact) mass is 338 g/mol. The van der Waals surface area contributed by atoms with Gasteiger partial charge in [0.1, 0.15) is 0 Å². The van der Waals surface area contributed by atoms with Gasteiger partial charge in [0, 0.05) is 32.6 Å². The Morgan fingerprint density at radius 2 is 1.61 bits per heavy atom. The lowest BCUT2D eigenvalue weighted by Gasteiger charge is -2.34. The molecule has 0 N–H and O–H groups in total. The van der Waals surface area contributed by atoms with Gasteiger partial charge in [-0.25, -0.2) is 8.42 Å². The molecule has 1 fully saturated rings. The van der Waals surface area contributed by atoms with E-state index in [4.69, 9.17) is 0 Å². The van der Waals surface area contributed by atoms with Gasteiger partial charge in [-0.2, -0.15) is 4.31 Å². The SMILES string of the molecule is CCCC(=O)N1CCN(S(=O)(=O)c2ccc(CCC)cc2)CC1. The lowest BCUT2D eigenvalue weighted by atomic mass is 10.1. The first-order valence-corrected chi connectivity index (χ1v) is 9.80. The van der Waals surface area contributed by atoms with E-state index >= 15 is 0 Å². The third-order valence-electron chi connectivity index (χ3n) is 4.16. The lowest BCUT2D eigenvalue weighted by Crippen LogP contribution is -2.50. The highest BCUT2D eigenvalue weighted by molar-refractivity contribution is 7.89. The number of carbonyl (C=O) groups excluding carboxylic acids is 1. The van der Waals surface area contributed by atoms with E-state index in [0.717, 1.165) is 24.8 Å². The Kier molecular flexibility index (Phi) is 6.18. The zero-order chi connectivity index (χ0) is 16.9. The fourth-order valence-electron chi connectivity index (χ4n) is 2.82. The maximum absolute atomic E-state index is 12.7. The second-order valence-electron chi connectivity index (χ2n) is 5.93. The molecule has 1 aliphatic heterocycles. The van der Waals surface area contributed by atoms with E-state index in [1.54, 1.807) is 17.0 Å². The number of hydrogen-bond acceptors (Lipinski definition) is 3. The minimum atomic E-state index is -3.46. The molecule has 5 nitrogen and oxygen atoms in total. The van der Waals surface area contributed by atoms with Crippen LogP contribution in [0.4, 0.5) is 0 Å². The van der Waals surface area contributed by atoms with Gasteiger partial charge in [-0.05, 0) is 30.5 Å². The van der Waals surface area contributed by atoms with Crippen molar-refractivity contribution in [1.82, 2.24) is 9.21 Å². The fourth-order valence-corrected chi connectivity index (χ4v) is 4.24. The Morgan fingerprint density at radius 3 is 2.13 bits per heavy atom. The zero-order valence-corrected chi connectivity index (χ0v) is 14.8. The van der Waals surface area contributed by atoms with Gasteiger partial charge in [0.15, 0.2) is 0 Å². The standard InChI is InChI=1S/C17H26N2O3S/c1-3-5-15-7-9-16(10-8-15)23(21,22)19-13-11-18(12-14-19)17(20)6-4-2/h7-10H,3-6,11-14H2,1-2H3. The molecule has 1 amide bonds. The largest absolute Gasteiger partial charge is 0.340 e. The summed E-state index contributed by atoms with van der Waals surface area (Å²) in [6, 6.07) is 7.15. The van der Waals surface area contributed by atoms with Crippen LogP contribution in [0.2, 0.25) is 0 Å². The van der Waals surface area contributed by atoms with Crippen LogP contribution in [0.1, 0.15) is 38.7 Å². The van der Waals surface area contributed by atoms with Crippen LogP contribution < -0.4 is 0 Å². The average molecular weight is 338 g/mol. The topological polar surface area (TPSA) is 57.7 Å². The second-order valence-corrected chi connectivity index (χ2v) is 7.87. The summed E-state index contributed by atoms with van der Waals surface area (Å²) in [6.07, 6.45) is 3.35. The summed E-state index contributed by atoms with van der Waals surface area (Å²) in [5, 5.41) is 0. The fraction of sp³-hybridized carbons (Fsp3) is 0.588. The van der Waals surface area contributed by atoms with E-state index in [-0.39, 0.29) is 5.91 Å². The highest BCUT2D eigenvalue weighted by Crippen LogP contribution is 2.19. The van der Waals surface area contributed by atoms with Crippen molar-refractivity contribution in [3.63, 3.8) is 0 Å². The van der Waals surface area contributed by atoms with Crippen molar-refractivity contribution in [3.05, 3.63) is 29.8 Å². The summed E-state index contributed by atoms with van der Waals surface area (Å²) in [7, 11) is -3.46. The van der Waals surface area contributed by atoms with Gasteiger partial charge in [-0.15, -0.1) is 0 Å². The first-order valence-electron chi connectivity index (χ1n) is 8.36. The number of aryl methyl sites for hydroxylation is 1. The average Bonchev–Trinajstić information content (AvgIpc) is 2.56. The summed E-state index contributed by atoms with van der Waals surface area (Å²) in [4.78, 5) is 14.0. The smallest absolute Gasteiger partial charge is 0.243 e. The van der Waals surface area contributed by atoms with Crippen LogP contribution in [0.25, 0.3) is 0 Å². The van der Waals surface area contributed by atoms with Crippen LogP contribution in [-0.2, 0) is 21.2 Å². The van der Waals surface area contributed by atoms with E-state index in [9.17, 15) is 13.2 Å². The Labute approximate surface area is 139 Å². The Bertz CT molecular complexity index is 618. The Morgan fingerprint density at radius 1 is 1.00 bits per heavy atom. The molecule has 0 radical (unpaired) electrons. The molecule has 1 aromatic carbocycles. The molecule has 1 saturated heterocycles. The van der Waals surface area contributed by atoms with Gasteiger partial charge >= 0.3 is 0 Å².